The van der Waals surface area contributed by atoms with Gasteiger partial charge in [0.15, 0.2) is 0 Å². The number of nitrogens with zero attached hydrogens (tertiary/aromatic N) is 5. The second-order valence-corrected chi connectivity index (χ2v) is 8.88. The van der Waals surface area contributed by atoms with Crippen LogP contribution in [0.3, 0.4) is 0 Å². The van der Waals surface area contributed by atoms with Gasteiger partial charge in [0.05, 0.1) is 12.8 Å². The predicted octanol–water partition coefficient (Wildman–Crippen LogP) is 1.89. The van der Waals surface area contributed by atoms with Gasteiger partial charge in [0, 0.05) is 44.3 Å². The Kier molecular flexibility index (Phi) is 8.34. The summed E-state index contributed by atoms with van der Waals surface area (Å²) in [6.07, 6.45) is 5.93. The SMILES string of the molecule is O=C1CN(/N=C/C2=CC=C(c3ccc(Cl)cc3)CO2)C(=O)N1CCCN1CCN(CCO)CC1. The Labute approximate surface area is 204 Å². The molecule has 34 heavy (non-hydrogen) atoms. The number of hydrazone groups is 1. The second kappa shape index (κ2) is 11.6. The van der Waals surface area contributed by atoms with Crippen molar-refractivity contribution in [3.63, 3.8) is 0 Å². The number of aliphatic hydroxyl groups is 1. The molecule has 0 atom stereocenters. The minimum absolute atomic E-state index is 0.0612. The molecule has 2 saturated heterocycles. The molecule has 182 valence electrons. The van der Waals surface area contributed by atoms with E-state index in [9.17, 15) is 9.59 Å². The number of carbonyl (C=O) groups is 2. The van der Waals surface area contributed by atoms with Gasteiger partial charge >= 0.3 is 6.03 Å². The first-order valence-electron chi connectivity index (χ1n) is 11.5. The van der Waals surface area contributed by atoms with E-state index in [-0.39, 0.29) is 19.1 Å². The zero-order valence-electron chi connectivity index (χ0n) is 19.1. The van der Waals surface area contributed by atoms with Crippen LogP contribution in [0.25, 0.3) is 5.57 Å². The Morgan fingerprint density at radius 3 is 2.35 bits per heavy atom. The van der Waals surface area contributed by atoms with E-state index in [1.54, 1.807) is 6.08 Å². The number of imide groups is 1. The lowest BCUT2D eigenvalue weighted by Crippen LogP contribution is -2.47. The number of amides is 3. The summed E-state index contributed by atoms with van der Waals surface area (Å²) in [5, 5.41) is 15.1. The average molecular weight is 488 g/mol. The molecular weight excluding hydrogens is 458 g/mol. The minimum Gasteiger partial charge on any atom is -0.487 e. The summed E-state index contributed by atoms with van der Waals surface area (Å²) in [7, 11) is 0. The summed E-state index contributed by atoms with van der Waals surface area (Å²) in [5.41, 5.74) is 2.04. The molecule has 3 aliphatic rings. The molecule has 3 heterocycles. The number of hydrogen-bond acceptors (Lipinski definition) is 7. The van der Waals surface area contributed by atoms with Gasteiger partial charge in [0.2, 0.25) is 0 Å². The molecule has 0 unspecified atom stereocenters. The zero-order valence-corrected chi connectivity index (χ0v) is 19.9. The summed E-state index contributed by atoms with van der Waals surface area (Å²) in [6, 6.07) is 7.14. The van der Waals surface area contributed by atoms with Gasteiger partial charge in [-0.2, -0.15) is 5.10 Å². The van der Waals surface area contributed by atoms with Gasteiger partial charge in [-0.1, -0.05) is 29.8 Å². The highest BCUT2D eigenvalue weighted by Gasteiger charge is 2.35. The van der Waals surface area contributed by atoms with Gasteiger partial charge in [-0.25, -0.2) is 9.80 Å². The lowest BCUT2D eigenvalue weighted by molar-refractivity contribution is -0.125. The second-order valence-electron chi connectivity index (χ2n) is 8.45. The van der Waals surface area contributed by atoms with Crippen LogP contribution in [0.2, 0.25) is 5.02 Å². The standard InChI is InChI=1S/C24H30ClN5O4/c25-21-5-2-19(3-6-21)20-4-7-22(34-18-20)16-26-30-17-23(32)29(24(30)33)9-1-8-27-10-12-28(13-11-27)14-15-31/h2-7,16,31H,1,8-15,17-18H2/b26-16+. The Hall–Kier alpha value is -2.72. The summed E-state index contributed by atoms with van der Waals surface area (Å²) >= 11 is 5.94. The maximum Gasteiger partial charge on any atom is 0.347 e. The number of rotatable bonds is 9. The molecule has 9 nitrogen and oxygen atoms in total. The van der Waals surface area contributed by atoms with E-state index in [4.69, 9.17) is 21.4 Å². The van der Waals surface area contributed by atoms with Crippen LogP contribution in [-0.4, -0.2) is 109 Å². The van der Waals surface area contributed by atoms with E-state index in [0.29, 0.717) is 30.5 Å². The van der Waals surface area contributed by atoms with Crippen molar-refractivity contribution in [1.29, 1.82) is 0 Å². The number of β-amino-alcohol motifs (C(OH)–C–C–N with tert-alkyl or cyclic N) is 1. The molecule has 2 fully saturated rings. The predicted molar refractivity (Wildman–Crippen MR) is 130 cm³/mol. The van der Waals surface area contributed by atoms with Crippen molar-refractivity contribution < 1.29 is 19.4 Å². The number of urea groups is 1. The lowest BCUT2D eigenvalue weighted by atomic mass is 10.1. The van der Waals surface area contributed by atoms with E-state index in [1.807, 2.05) is 30.3 Å². The fraction of sp³-hybridized carbons (Fsp3) is 0.458. The van der Waals surface area contributed by atoms with Crippen LogP contribution in [-0.2, 0) is 9.53 Å². The lowest BCUT2D eigenvalue weighted by Gasteiger charge is -2.34. The average Bonchev–Trinajstić information content (AvgIpc) is 3.12. The van der Waals surface area contributed by atoms with Crippen LogP contribution in [0.4, 0.5) is 4.79 Å². The maximum absolute atomic E-state index is 12.6. The summed E-state index contributed by atoms with van der Waals surface area (Å²) in [4.78, 5) is 30.8. The Balaban J connectivity index is 1.24. The molecule has 1 aromatic carbocycles. The molecule has 10 heteroatoms. The van der Waals surface area contributed by atoms with Crippen LogP contribution >= 0.6 is 11.6 Å². The number of benzene rings is 1. The molecule has 0 bridgehead atoms. The zero-order chi connectivity index (χ0) is 23.9. The molecule has 4 rings (SSSR count). The molecule has 1 N–H and O–H groups in total. The topological polar surface area (TPSA) is 88.9 Å². The van der Waals surface area contributed by atoms with E-state index in [1.165, 1.54) is 16.1 Å². The van der Waals surface area contributed by atoms with Crippen molar-refractivity contribution in [2.24, 2.45) is 5.10 Å². The Morgan fingerprint density at radius 1 is 1.00 bits per heavy atom. The first kappa shape index (κ1) is 24.4. The van der Waals surface area contributed by atoms with Crippen molar-refractivity contribution in [2.75, 3.05) is 65.6 Å². The normalized spacial score (nSPS) is 20.2. The van der Waals surface area contributed by atoms with Crippen LogP contribution in [0.5, 0.6) is 0 Å². The van der Waals surface area contributed by atoms with Crippen molar-refractivity contribution in [3.8, 4) is 0 Å². The largest absolute Gasteiger partial charge is 0.487 e. The van der Waals surface area contributed by atoms with Gasteiger partial charge in [0.1, 0.15) is 18.9 Å². The smallest absolute Gasteiger partial charge is 0.347 e. The highest BCUT2D eigenvalue weighted by molar-refractivity contribution is 6.30. The molecule has 0 saturated carbocycles. The number of allylic oxidation sites excluding steroid dienone is 3. The maximum atomic E-state index is 12.6. The molecule has 0 aromatic heterocycles. The van der Waals surface area contributed by atoms with Crippen LogP contribution < -0.4 is 0 Å². The quantitative estimate of drug-likeness (QED) is 0.422. The first-order valence-corrected chi connectivity index (χ1v) is 11.9. The van der Waals surface area contributed by atoms with Crippen molar-refractivity contribution in [1.82, 2.24) is 19.7 Å². The first-order chi connectivity index (χ1) is 16.5. The number of hydrogen-bond donors (Lipinski definition) is 1. The summed E-state index contributed by atoms with van der Waals surface area (Å²) in [5.74, 6) is 0.287. The molecule has 0 aliphatic carbocycles. The minimum atomic E-state index is -0.400. The third-order valence-corrected chi connectivity index (χ3v) is 6.41. The van der Waals surface area contributed by atoms with E-state index in [2.05, 4.69) is 14.9 Å². The van der Waals surface area contributed by atoms with Crippen LogP contribution in [0.15, 0.2) is 47.3 Å². The van der Waals surface area contributed by atoms with E-state index < -0.39 is 6.03 Å². The summed E-state index contributed by atoms with van der Waals surface area (Å²) < 4.78 is 5.73. The van der Waals surface area contributed by atoms with Gasteiger partial charge in [-0.05, 0) is 42.3 Å². The number of carbonyl (C=O) groups excluding carboxylic acids is 2. The number of halogens is 1. The van der Waals surface area contributed by atoms with Crippen LogP contribution in [0.1, 0.15) is 12.0 Å². The Morgan fingerprint density at radius 2 is 1.71 bits per heavy atom. The molecule has 0 radical (unpaired) electrons. The molecule has 3 aliphatic heterocycles. The molecule has 0 spiro atoms. The monoisotopic (exact) mass is 487 g/mol. The van der Waals surface area contributed by atoms with Crippen molar-refractivity contribution >= 4 is 35.3 Å². The number of ether oxygens (including phenoxy) is 1. The van der Waals surface area contributed by atoms with Gasteiger partial charge in [0.25, 0.3) is 5.91 Å². The third-order valence-electron chi connectivity index (χ3n) is 6.16. The molecular formula is C24H30ClN5O4. The fourth-order valence-electron chi connectivity index (χ4n) is 4.16. The van der Waals surface area contributed by atoms with E-state index >= 15 is 0 Å². The fourth-order valence-corrected chi connectivity index (χ4v) is 4.28. The third kappa shape index (κ3) is 6.24. The van der Waals surface area contributed by atoms with Crippen LogP contribution in [0, 0.1) is 0 Å². The summed E-state index contributed by atoms with van der Waals surface area (Å²) in [6.45, 7) is 6.15. The highest BCUT2D eigenvalue weighted by Crippen LogP contribution is 2.22. The highest BCUT2D eigenvalue weighted by atomic mass is 35.5. The Bertz CT molecular complexity index is 970. The van der Waals surface area contributed by atoms with Gasteiger partial charge in [-0.3, -0.25) is 14.6 Å². The van der Waals surface area contributed by atoms with Gasteiger partial charge < -0.3 is 14.7 Å². The number of aliphatic hydroxyl groups excluding tert-OH is 1. The molecule has 1 aromatic rings. The van der Waals surface area contributed by atoms with Crippen molar-refractivity contribution in [2.45, 2.75) is 6.42 Å². The number of piperazine rings is 1. The van der Waals surface area contributed by atoms with Crippen molar-refractivity contribution in [3.05, 3.63) is 52.8 Å². The molecule has 3 amide bonds. The van der Waals surface area contributed by atoms with E-state index in [0.717, 1.165) is 50.3 Å². The van der Waals surface area contributed by atoms with Gasteiger partial charge in [-0.15, -0.1) is 0 Å².